The molecule has 0 radical (unpaired) electrons. The molecule has 0 amide bonds. The maximum atomic E-state index is 5.39. The summed E-state index contributed by atoms with van der Waals surface area (Å²) >= 11 is 5.39. The van der Waals surface area contributed by atoms with E-state index in [9.17, 15) is 0 Å². The van der Waals surface area contributed by atoms with Crippen molar-refractivity contribution in [1.29, 1.82) is 0 Å². The van der Waals surface area contributed by atoms with Gasteiger partial charge in [0.25, 0.3) is 0 Å². The van der Waals surface area contributed by atoms with E-state index in [2.05, 4.69) is 17.3 Å². The summed E-state index contributed by atoms with van der Waals surface area (Å²) in [6.07, 6.45) is 3.13. The minimum absolute atomic E-state index is 0.938. The first kappa shape index (κ1) is 11.0. The Morgan fingerprint density at radius 3 is 2.82 bits per heavy atom. The minimum atomic E-state index is 0.938. The average molecular weight is 177 g/mol. The summed E-state index contributed by atoms with van der Waals surface area (Å²) in [5, 5.41) is 3.11. The van der Waals surface area contributed by atoms with Crippen LogP contribution < -0.4 is 5.32 Å². The highest BCUT2D eigenvalue weighted by Crippen LogP contribution is 1.87. The first-order chi connectivity index (χ1) is 5.31. The van der Waals surface area contributed by atoms with Gasteiger partial charge in [0, 0.05) is 12.1 Å². The Morgan fingerprint density at radius 2 is 2.27 bits per heavy atom. The highest BCUT2D eigenvalue weighted by atomic mass is 35.5. The number of nitrogens with zero attached hydrogens (tertiary/aromatic N) is 1. The summed E-state index contributed by atoms with van der Waals surface area (Å²) in [4.78, 5) is 2.23. The fraction of sp³-hybridized carbons (Fsp3) is 0.750. The zero-order valence-electron chi connectivity index (χ0n) is 7.31. The van der Waals surface area contributed by atoms with Crippen LogP contribution in [0.3, 0.4) is 0 Å². The molecule has 1 N–H and O–H groups in total. The van der Waals surface area contributed by atoms with Crippen LogP contribution in [0.2, 0.25) is 0 Å². The second-order valence-corrected chi connectivity index (χ2v) is 2.83. The van der Waals surface area contributed by atoms with E-state index in [1.54, 1.807) is 5.54 Å². The van der Waals surface area contributed by atoms with E-state index in [0.717, 1.165) is 19.6 Å². The van der Waals surface area contributed by atoms with Crippen LogP contribution in [0.4, 0.5) is 0 Å². The molecular weight excluding hydrogens is 160 g/mol. The van der Waals surface area contributed by atoms with E-state index in [1.807, 2.05) is 13.1 Å². The lowest BCUT2D eigenvalue weighted by atomic mass is 10.4. The van der Waals surface area contributed by atoms with Crippen molar-refractivity contribution in [2.24, 2.45) is 0 Å². The quantitative estimate of drug-likeness (QED) is 0.614. The summed E-state index contributed by atoms with van der Waals surface area (Å²) in [6.45, 7) is 3.13. The van der Waals surface area contributed by atoms with Crippen LogP contribution in [0.15, 0.2) is 11.6 Å². The van der Waals surface area contributed by atoms with Gasteiger partial charge in [0.15, 0.2) is 0 Å². The highest BCUT2D eigenvalue weighted by molar-refractivity contribution is 6.25. The number of likely N-dealkylation sites (N-methyl/N-ethyl adjacent to an activating group) is 1. The fourth-order valence-electron chi connectivity index (χ4n) is 0.837. The molecule has 0 saturated heterocycles. The summed E-state index contributed by atoms with van der Waals surface area (Å²) in [5.74, 6) is 0. The van der Waals surface area contributed by atoms with Gasteiger partial charge in [-0.05, 0) is 33.6 Å². The third-order valence-corrected chi connectivity index (χ3v) is 1.65. The smallest absolute Gasteiger partial charge is 0.0171 e. The molecule has 0 aliphatic heterocycles. The summed E-state index contributed by atoms with van der Waals surface area (Å²) in [7, 11) is 4.06. The molecule has 0 aliphatic carbocycles. The molecule has 0 aromatic heterocycles. The third-order valence-electron chi connectivity index (χ3n) is 1.47. The number of nitrogens with one attached hydrogen (secondary N) is 1. The second kappa shape index (κ2) is 8.05. The van der Waals surface area contributed by atoms with Gasteiger partial charge in [0.2, 0.25) is 0 Å². The predicted molar refractivity (Wildman–Crippen MR) is 51.0 cm³/mol. The van der Waals surface area contributed by atoms with Gasteiger partial charge in [-0.15, -0.1) is 0 Å². The molecule has 0 fully saturated rings. The molecule has 0 bridgehead atoms. The van der Waals surface area contributed by atoms with Gasteiger partial charge in [-0.25, -0.2) is 0 Å². The predicted octanol–water partition coefficient (Wildman–Crippen LogP) is 1.28. The lowest BCUT2D eigenvalue weighted by Crippen LogP contribution is -2.22. The summed E-state index contributed by atoms with van der Waals surface area (Å²) in [6, 6.07) is 0. The first-order valence-electron chi connectivity index (χ1n) is 3.89. The maximum absolute atomic E-state index is 5.39. The van der Waals surface area contributed by atoms with Crippen molar-refractivity contribution < 1.29 is 0 Å². The Morgan fingerprint density at radius 1 is 1.55 bits per heavy atom. The van der Waals surface area contributed by atoms with E-state index in [1.165, 1.54) is 6.42 Å². The van der Waals surface area contributed by atoms with Crippen molar-refractivity contribution >= 4 is 11.6 Å². The van der Waals surface area contributed by atoms with Gasteiger partial charge in [-0.3, -0.25) is 0 Å². The Labute approximate surface area is 74.2 Å². The third kappa shape index (κ3) is 7.85. The summed E-state index contributed by atoms with van der Waals surface area (Å²) in [5.41, 5.74) is 1.56. The highest BCUT2D eigenvalue weighted by Gasteiger charge is 1.92. The zero-order chi connectivity index (χ0) is 8.53. The van der Waals surface area contributed by atoms with E-state index in [-0.39, 0.29) is 0 Å². The molecule has 0 aromatic carbocycles. The monoisotopic (exact) mass is 176 g/mol. The molecule has 2 nitrogen and oxygen atoms in total. The molecule has 0 unspecified atom stereocenters. The van der Waals surface area contributed by atoms with Crippen LogP contribution in [0.5, 0.6) is 0 Å². The van der Waals surface area contributed by atoms with E-state index >= 15 is 0 Å². The number of hydrogen-bond acceptors (Lipinski definition) is 2. The van der Waals surface area contributed by atoms with Gasteiger partial charge >= 0.3 is 0 Å². The van der Waals surface area contributed by atoms with Crippen molar-refractivity contribution in [3.63, 3.8) is 0 Å². The molecule has 0 aromatic rings. The van der Waals surface area contributed by atoms with Gasteiger partial charge in [0.1, 0.15) is 0 Å². The van der Waals surface area contributed by atoms with E-state index in [0.29, 0.717) is 0 Å². The Kier molecular flexibility index (Phi) is 8.01. The molecular formula is C8H17ClN2. The minimum Gasteiger partial charge on any atom is -0.320 e. The normalized spacial score (nSPS) is 11.6. The molecule has 0 heterocycles. The van der Waals surface area contributed by atoms with Gasteiger partial charge < -0.3 is 10.2 Å². The average Bonchev–Trinajstić information content (AvgIpc) is 2.01. The number of rotatable bonds is 6. The SMILES string of the molecule is CNCCCN(C)CC=CCl. The van der Waals surface area contributed by atoms with Crippen molar-refractivity contribution in [1.82, 2.24) is 10.2 Å². The molecule has 3 heteroatoms. The Balaban J connectivity index is 3.15. The first-order valence-corrected chi connectivity index (χ1v) is 4.33. The van der Waals surface area contributed by atoms with E-state index in [4.69, 9.17) is 11.6 Å². The van der Waals surface area contributed by atoms with E-state index < -0.39 is 0 Å². The Hall–Kier alpha value is -0.0500. The largest absolute Gasteiger partial charge is 0.320 e. The molecule has 11 heavy (non-hydrogen) atoms. The zero-order valence-corrected chi connectivity index (χ0v) is 8.06. The van der Waals surface area contributed by atoms with Crippen LogP contribution in [-0.2, 0) is 0 Å². The fourth-order valence-corrected chi connectivity index (χ4v) is 0.917. The molecule has 66 valence electrons. The lowest BCUT2D eigenvalue weighted by Gasteiger charge is -2.13. The van der Waals surface area contributed by atoms with Crippen LogP contribution >= 0.6 is 11.6 Å². The van der Waals surface area contributed by atoms with Crippen molar-refractivity contribution in [2.45, 2.75) is 6.42 Å². The van der Waals surface area contributed by atoms with Gasteiger partial charge in [0.05, 0.1) is 0 Å². The number of halogens is 1. The van der Waals surface area contributed by atoms with Crippen molar-refractivity contribution in [3.8, 4) is 0 Å². The van der Waals surface area contributed by atoms with Gasteiger partial charge in [-0.1, -0.05) is 17.7 Å². The van der Waals surface area contributed by atoms with Crippen LogP contribution in [-0.4, -0.2) is 38.6 Å². The molecule has 0 atom stereocenters. The molecule has 0 saturated carbocycles. The lowest BCUT2D eigenvalue weighted by molar-refractivity contribution is 0.362. The van der Waals surface area contributed by atoms with Crippen LogP contribution in [0.25, 0.3) is 0 Å². The van der Waals surface area contributed by atoms with Crippen LogP contribution in [0.1, 0.15) is 6.42 Å². The topological polar surface area (TPSA) is 15.3 Å². The van der Waals surface area contributed by atoms with Crippen LogP contribution in [0, 0.1) is 0 Å². The standard InChI is InChI=1S/C8H17ClN2/c1-10-6-4-8-11(2)7-3-5-9/h3,5,10H,4,6-8H2,1-2H3. The maximum Gasteiger partial charge on any atom is 0.0171 e. The second-order valence-electron chi connectivity index (χ2n) is 2.58. The number of hydrogen-bond donors (Lipinski definition) is 1. The molecule has 0 aliphatic rings. The van der Waals surface area contributed by atoms with Gasteiger partial charge in [-0.2, -0.15) is 0 Å². The molecule has 0 spiro atoms. The van der Waals surface area contributed by atoms with Crippen molar-refractivity contribution in [3.05, 3.63) is 11.6 Å². The van der Waals surface area contributed by atoms with Crippen molar-refractivity contribution in [2.75, 3.05) is 33.7 Å². The molecule has 0 rings (SSSR count). The Bertz CT molecular complexity index is 104. The summed E-state index contributed by atoms with van der Waals surface area (Å²) < 4.78 is 0.